The molecular weight excluding hydrogens is 290 g/mol. The molecule has 1 aromatic carbocycles. The third-order valence-corrected chi connectivity index (χ3v) is 5.16. The molecule has 0 radical (unpaired) electrons. The summed E-state index contributed by atoms with van der Waals surface area (Å²) in [7, 11) is -2.08. The molecule has 0 bridgehead atoms. The molecule has 0 spiro atoms. The van der Waals surface area contributed by atoms with E-state index in [2.05, 4.69) is 12.1 Å². The predicted molar refractivity (Wildman–Crippen MR) is 82.8 cm³/mol. The third-order valence-electron chi connectivity index (χ3n) is 3.32. The van der Waals surface area contributed by atoms with Crippen LogP contribution >= 0.6 is 0 Å². The third kappa shape index (κ3) is 4.44. The number of nitrogens with two attached hydrogens (primary N) is 1. The Morgan fingerprint density at radius 2 is 1.95 bits per heavy atom. The molecule has 118 valence electrons. The zero-order chi connectivity index (χ0) is 16.0. The lowest BCUT2D eigenvalue weighted by Gasteiger charge is -2.20. The fourth-order valence-corrected chi connectivity index (χ4v) is 3.23. The Balaban J connectivity index is 2.89. The highest BCUT2D eigenvalue weighted by molar-refractivity contribution is 7.89. The van der Waals surface area contributed by atoms with E-state index in [0.717, 1.165) is 18.4 Å². The van der Waals surface area contributed by atoms with Crippen LogP contribution in [0.3, 0.4) is 0 Å². The van der Waals surface area contributed by atoms with Gasteiger partial charge in [0.1, 0.15) is 5.84 Å². The number of oxime groups is 1. The number of hydrogen-bond acceptors (Lipinski definition) is 4. The van der Waals surface area contributed by atoms with Crippen LogP contribution in [0.1, 0.15) is 25.8 Å². The van der Waals surface area contributed by atoms with Gasteiger partial charge in [0.2, 0.25) is 10.0 Å². The lowest BCUT2D eigenvalue weighted by atomic mass is 10.1. The standard InChI is InChI=1S/C14H23N3O3S/c1-4-5-12-6-8-13(9-7-12)21(19,20)17(3)10-11(2)14(15)16-18/h6-9,11,18H,4-5,10H2,1-3H3,(H2,15,16). The normalized spacial score (nSPS) is 14.4. The lowest BCUT2D eigenvalue weighted by Crippen LogP contribution is -2.36. The summed E-state index contributed by atoms with van der Waals surface area (Å²) in [5, 5.41) is 11.5. The molecule has 7 heteroatoms. The first kappa shape index (κ1) is 17.5. The minimum Gasteiger partial charge on any atom is -0.409 e. The van der Waals surface area contributed by atoms with E-state index in [1.54, 1.807) is 19.1 Å². The molecule has 0 fully saturated rings. The molecule has 6 nitrogen and oxygen atoms in total. The zero-order valence-electron chi connectivity index (χ0n) is 12.7. The first-order valence-electron chi connectivity index (χ1n) is 6.85. The van der Waals surface area contributed by atoms with E-state index in [1.807, 2.05) is 12.1 Å². The van der Waals surface area contributed by atoms with Crippen LogP contribution < -0.4 is 5.73 Å². The molecule has 0 amide bonds. The van der Waals surface area contributed by atoms with E-state index < -0.39 is 10.0 Å². The summed E-state index contributed by atoms with van der Waals surface area (Å²) in [5.74, 6) is -0.357. The van der Waals surface area contributed by atoms with Crippen molar-refractivity contribution >= 4 is 15.9 Å². The molecule has 0 saturated heterocycles. The van der Waals surface area contributed by atoms with Gasteiger partial charge < -0.3 is 10.9 Å². The highest BCUT2D eigenvalue weighted by Crippen LogP contribution is 2.17. The Kier molecular flexibility index (Phi) is 6.17. The van der Waals surface area contributed by atoms with E-state index >= 15 is 0 Å². The number of benzene rings is 1. The summed E-state index contributed by atoms with van der Waals surface area (Å²) in [5.41, 5.74) is 6.59. The number of aryl methyl sites for hydroxylation is 1. The molecule has 0 aliphatic heterocycles. The topological polar surface area (TPSA) is 96.0 Å². The Labute approximate surface area is 126 Å². The van der Waals surface area contributed by atoms with Gasteiger partial charge in [-0.2, -0.15) is 0 Å². The SMILES string of the molecule is CCCc1ccc(S(=O)(=O)N(C)CC(C)C(N)=NO)cc1. The van der Waals surface area contributed by atoms with Gasteiger partial charge in [-0.3, -0.25) is 0 Å². The molecule has 1 aromatic rings. The van der Waals surface area contributed by atoms with Crippen molar-refractivity contribution in [1.29, 1.82) is 0 Å². The van der Waals surface area contributed by atoms with Gasteiger partial charge in [-0.05, 0) is 24.1 Å². The molecule has 1 rings (SSSR count). The smallest absolute Gasteiger partial charge is 0.242 e. The van der Waals surface area contributed by atoms with Crippen molar-refractivity contribution < 1.29 is 13.6 Å². The quantitative estimate of drug-likeness (QED) is 0.346. The van der Waals surface area contributed by atoms with Crippen molar-refractivity contribution in [2.45, 2.75) is 31.6 Å². The van der Waals surface area contributed by atoms with Crippen molar-refractivity contribution in [2.75, 3.05) is 13.6 Å². The second-order valence-corrected chi connectivity index (χ2v) is 7.15. The van der Waals surface area contributed by atoms with Crippen LogP contribution in [0.15, 0.2) is 34.3 Å². The minimum atomic E-state index is -3.57. The number of rotatable bonds is 7. The van der Waals surface area contributed by atoms with Crippen LogP contribution in [-0.4, -0.2) is 37.4 Å². The fraction of sp³-hybridized carbons (Fsp3) is 0.500. The Hall–Kier alpha value is -1.60. The second kappa shape index (κ2) is 7.42. The highest BCUT2D eigenvalue weighted by atomic mass is 32.2. The van der Waals surface area contributed by atoms with E-state index in [9.17, 15) is 8.42 Å². The summed E-state index contributed by atoms with van der Waals surface area (Å²) in [6, 6.07) is 6.89. The number of hydrogen-bond donors (Lipinski definition) is 2. The maximum atomic E-state index is 12.4. The summed E-state index contributed by atoms with van der Waals surface area (Å²) in [6.07, 6.45) is 1.94. The van der Waals surface area contributed by atoms with Gasteiger partial charge in [0.05, 0.1) is 4.90 Å². The van der Waals surface area contributed by atoms with E-state index in [4.69, 9.17) is 10.9 Å². The van der Waals surface area contributed by atoms with Gasteiger partial charge in [-0.25, -0.2) is 12.7 Å². The van der Waals surface area contributed by atoms with E-state index in [1.165, 1.54) is 11.4 Å². The Morgan fingerprint density at radius 3 is 2.43 bits per heavy atom. The fourth-order valence-electron chi connectivity index (χ4n) is 1.97. The highest BCUT2D eigenvalue weighted by Gasteiger charge is 2.23. The Morgan fingerprint density at radius 1 is 1.38 bits per heavy atom. The van der Waals surface area contributed by atoms with Gasteiger partial charge in [0, 0.05) is 19.5 Å². The van der Waals surface area contributed by atoms with Crippen molar-refractivity contribution in [3.63, 3.8) is 0 Å². The van der Waals surface area contributed by atoms with Crippen LogP contribution in [0.4, 0.5) is 0 Å². The predicted octanol–water partition coefficient (Wildman–Crippen LogP) is 1.64. The first-order valence-corrected chi connectivity index (χ1v) is 8.29. The maximum absolute atomic E-state index is 12.4. The molecule has 0 aliphatic carbocycles. The summed E-state index contributed by atoms with van der Waals surface area (Å²) < 4.78 is 26.1. The van der Waals surface area contributed by atoms with E-state index in [0.29, 0.717) is 0 Å². The monoisotopic (exact) mass is 313 g/mol. The summed E-state index contributed by atoms with van der Waals surface area (Å²) in [6.45, 7) is 3.92. The maximum Gasteiger partial charge on any atom is 0.242 e. The number of sulfonamides is 1. The van der Waals surface area contributed by atoms with Crippen molar-refractivity contribution in [3.8, 4) is 0 Å². The van der Waals surface area contributed by atoms with Crippen molar-refractivity contribution in [2.24, 2.45) is 16.8 Å². The largest absolute Gasteiger partial charge is 0.409 e. The van der Waals surface area contributed by atoms with Gasteiger partial charge in [-0.15, -0.1) is 0 Å². The Bertz CT molecular complexity index is 582. The van der Waals surface area contributed by atoms with Crippen LogP contribution in [0.2, 0.25) is 0 Å². The molecule has 3 N–H and O–H groups in total. The van der Waals surface area contributed by atoms with Crippen LogP contribution in [0.25, 0.3) is 0 Å². The summed E-state index contributed by atoms with van der Waals surface area (Å²) >= 11 is 0. The minimum absolute atomic E-state index is 0.00958. The van der Waals surface area contributed by atoms with Crippen LogP contribution in [0, 0.1) is 5.92 Å². The van der Waals surface area contributed by atoms with Crippen LogP contribution in [-0.2, 0) is 16.4 Å². The average molecular weight is 313 g/mol. The molecule has 0 aliphatic rings. The van der Waals surface area contributed by atoms with Gasteiger partial charge >= 0.3 is 0 Å². The zero-order valence-corrected chi connectivity index (χ0v) is 13.5. The van der Waals surface area contributed by atoms with Crippen molar-refractivity contribution in [1.82, 2.24) is 4.31 Å². The molecule has 0 aromatic heterocycles. The van der Waals surface area contributed by atoms with Gasteiger partial charge in [-0.1, -0.05) is 37.6 Å². The summed E-state index contributed by atoms with van der Waals surface area (Å²) in [4.78, 5) is 0.247. The van der Waals surface area contributed by atoms with Gasteiger partial charge in [0.25, 0.3) is 0 Å². The van der Waals surface area contributed by atoms with Crippen LogP contribution in [0.5, 0.6) is 0 Å². The van der Waals surface area contributed by atoms with Crippen molar-refractivity contribution in [3.05, 3.63) is 29.8 Å². The molecule has 0 heterocycles. The van der Waals surface area contributed by atoms with E-state index in [-0.39, 0.29) is 23.2 Å². The molecule has 1 unspecified atom stereocenters. The second-order valence-electron chi connectivity index (χ2n) is 5.11. The average Bonchev–Trinajstić information content (AvgIpc) is 2.47. The molecule has 21 heavy (non-hydrogen) atoms. The molecule has 0 saturated carbocycles. The number of amidine groups is 1. The molecule has 1 atom stereocenters. The van der Waals surface area contributed by atoms with Gasteiger partial charge in [0.15, 0.2) is 0 Å². The number of nitrogens with zero attached hydrogens (tertiary/aromatic N) is 2. The first-order chi connectivity index (χ1) is 9.82. The lowest BCUT2D eigenvalue weighted by molar-refractivity contribution is 0.312. The molecular formula is C14H23N3O3S.